The van der Waals surface area contributed by atoms with Crippen LogP contribution in [0.25, 0.3) is 5.69 Å². The number of carbonyl (C=O) groups is 1. The maximum absolute atomic E-state index is 12.5. The molecule has 0 radical (unpaired) electrons. The highest BCUT2D eigenvalue weighted by Crippen LogP contribution is 2.21. The largest absolute Gasteiger partial charge is 0.344 e. The van der Waals surface area contributed by atoms with Crippen molar-refractivity contribution >= 4 is 5.91 Å². The van der Waals surface area contributed by atoms with Gasteiger partial charge in [0.1, 0.15) is 5.69 Å². The summed E-state index contributed by atoms with van der Waals surface area (Å²) in [5, 5.41) is 10.5. The van der Waals surface area contributed by atoms with E-state index in [0.29, 0.717) is 4.68 Å². The van der Waals surface area contributed by atoms with E-state index in [9.17, 15) is 13.6 Å². The van der Waals surface area contributed by atoms with Crippen LogP contribution in [-0.2, 0) is 0 Å². The van der Waals surface area contributed by atoms with Crippen molar-refractivity contribution in [2.24, 2.45) is 0 Å². The molecule has 0 saturated carbocycles. The number of aromatic nitrogens is 4. The van der Waals surface area contributed by atoms with Crippen molar-refractivity contribution in [3.8, 4) is 5.69 Å². The van der Waals surface area contributed by atoms with E-state index in [-0.39, 0.29) is 11.7 Å². The van der Waals surface area contributed by atoms with Crippen molar-refractivity contribution < 1.29 is 13.6 Å². The topological polar surface area (TPSA) is 64.7 Å². The number of halogens is 2. The van der Waals surface area contributed by atoms with Crippen LogP contribution in [0.1, 0.15) is 35.6 Å². The van der Waals surface area contributed by atoms with Gasteiger partial charge in [0.2, 0.25) is 0 Å². The second-order valence-electron chi connectivity index (χ2n) is 5.16. The zero-order valence-corrected chi connectivity index (χ0v) is 12.8. The highest BCUT2D eigenvalue weighted by Gasteiger charge is 2.18. The maximum atomic E-state index is 12.5. The number of nitrogens with zero attached hydrogens (tertiary/aromatic N) is 4. The number of amides is 1. The van der Waals surface area contributed by atoms with Gasteiger partial charge in [0.25, 0.3) is 5.91 Å². The third-order valence-corrected chi connectivity index (χ3v) is 3.54. The molecule has 2 aromatic heterocycles. The molecule has 1 aromatic carbocycles. The van der Waals surface area contributed by atoms with Crippen molar-refractivity contribution in [1.29, 1.82) is 0 Å². The molecule has 2 heterocycles. The first kappa shape index (κ1) is 15.9. The molecule has 0 spiro atoms. The van der Waals surface area contributed by atoms with Crippen LogP contribution in [-0.4, -0.2) is 25.5 Å². The molecule has 0 unspecified atom stereocenters. The molecule has 24 heavy (non-hydrogen) atoms. The third-order valence-electron chi connectivity index (χ3n) is 3.54. The van der Waals surface area contributed by atoms with E-state index in [2.05, 4.69) is 15.5 Å². The minimum absolute atomic E-state index is 0.0567. The van der Waals surface area contributed by atoms with Crippen molar-refractivity contribution in [1.82, 2.24) is 24.9 Å². The SMILES string of the molecule is C[C@H](NC(=O)c1ccn(C(F)F)n1)c1ccccc1-n1cccn1. The molecule has 6 nitrogen and oxygen atoms in total. The summed E-state index contributed by atoms with van der Waals surface area (Å²) in [6, 6.07) is 10.2. The van der Waals surface area contributed by atoms with Crippen LogP contribution in [0.5, 0.6) is 0 Å². The van der Waals surface area contributed by atoms with Crippen LogP contribution >= 0.6 is 0 Å². The first-order valence-electron chi connectivity index (χ1n) is 7.29. The Morgan fingerprint density at radius 2 is 1.96 bits per heavy atom. The van der Waals surface area contributed by atoms with Gasteiger partial charge < -0.3 is 5.32 Å². The molecule has 3 rings (SSSR count). The Morgan fingerprint density at radius 3 is 2.62 bits per heavy atom. The molecule has 0 fully saturated rings. The quantitative estimate of drug-likeness (QED) is 0.782. The summed E-state index contributed by atoms with van der Waals surface area (Å²) >= 11 is 0. The second-order valence-corrected chi connectivity index (χ2v) is 5.16. The predicted octanol–water partition coefficient (Wildman–Crippen LogP) is 2.95. The lowest BCUT2D eigenvalue weighted by Crippen LogP contribution is -2.28. The van der Waals surface area contributed by atoms with Crippen LogP contribution in [0.4, 0.5) is 8.78 Å². The van der Waals surface area contributed by atoms with Crippen molar-refractivity contribution in [3.63, 3.8) is 0 Å². The molecule has 8 heteroatoms. The van der Waals surface area contributed by atoms with E-state index >= 15 is 0 Å². The summed E-state index contributed by atoms with van der Waals surface area (Å²) in [7, 11) is 0. The average Bonchev–Trinajstić information content (AvgIpc) is 3.26. The van der Waals surface area contributed by atoms with Crippen molar-refractivity contribution in [3.05, 3.63) is 66.2 Å². The second kappa shape index (κ2) is 6.61. The Morgan fingerprint density at radius 1 is 1.17 bits per heavy atom. The fourth-order valence-corrected chi connectivity index (χ4v) is 2.39. The molecule has 1 N–H and O–H groups in total. The normalized spacial score (nSPS) is 12.3. The van der Waals surface area contributed by atoms with Gasteiger partial charge >= 0.3 is 6.55 Å². The molecule has 0 bridgehead atoms. The van der Waals surface area contributed by atoms with Gasteiger partial charge in [-0.05, 0) is 30.7 Å². The van der Waals surface area contributed by atoms with E-state index in [1.54, 1.807) is 23.1 Å². The lowest BCUT2D eigenvalue weighted by molar-refractivity contribution is 0.0559. The fraction of sp³-hybridized carbons (Fsp3) is 0.188. The number of hydrogen-bond donors (Lipinski definition) is 1. The summed E-state index contributed by atoms with van der Waals surface area (Å²) in [5.74, 6) is -0.517. The molecule has 0 aliphatic rings. The number of carbonyl (C=O) groups excluding carboxylic acids is 1. The summed E-state index contributed by atoms with van der Waals surface area (Å²) in [4.78, 5) is 12.2. The molecule has 0 aliphatic carbocycles. The Labute approximate surface area is 136 Å². The van der Waals surface area contributed by atoms with Crippen molar-refractivity contribution in [2.45, 2.75) is 19.5 Å². The molecular weight excluding hydrogens is 316 g/mol. The maximum Gasteiger partial charge on any atom is 0.333 e. The Balaban J connectivity index is 1.80. The molecule has 0 aliphatic heterocycles. The molecule has 1 amide bonds. The van der Waals surface area contributed by atoms with Gasteiger partial charge in [-0.3, -0.25) is 4.79 Å². The number of nitrogens with one attached hydrogen (secondary N) is 1. The fourth-order valence-electron chi connectivity index (χ4n) is 2.39. The van der Waals surface area contributed by atoms with Crippen LogP contribution in [0, 0.1) is 0 Å². The number of para-hydroxylation sites is 1. The van der Waals surface area contributed by atoms with E-state index in [4.69, 9.17) is 0 Å². The van der Waals surface area contributed by atoms with Gasteiger partial charge in [-0.25, -0.2) is 9.36 Å². The zero-order chi connectivity index (χ0) is 17.1. The van der Waals surface area contributed by atoms with Gasteiger partial charge in [0.15, 0.2) is 0 Å². The summed E-state index contributed by atoms with van der Waals surface area (Å²) in [5.41, 5.74) is 1.62. The smallest absolute Gasteiger partial charge is 0.333 e. The number of hydrogen-bond acceptors (Lipinski definition) is 3. The van der Waals surface area contributed by atoms with E-state index in [0.717, 1.165) is 17.4 Å². The minimum Gasteiger partial charge on any atom is -0.344 e. The van der Waals surface area contributed by atoms with E-state index in [1.807, 2.05) is 31.2 Å². The summed E-state index contributed by atoms with van der Waals surface area (Å²) < 4.78 is 27.2. The van der Waals surface area contributed by atoms with Crippen LogP contribution in [0.15, 0.2) is 55.0 Å². The van der Waals surface area contributed by atoms with Crippen LogP contribution in [0.2, 0.25) is 0 Å². The van der Waals surface area contributed by atoms with Gasteiger partial charge in [0.05, 0.1) is 11.7 Å². The summed E-state index contributed by atoms with van der Waals surface area (Å²) in [6.07, 6.45) is 4.54. The van der Waals surface area contributed by atoms with Crippen LogP contribution in [0.3, 0.4) is 0 Å². The summed E-state index contributed by atoms with van der Waals surface area (Å²) in [6.45, 7) is -0.964. The standard InChI is InChI=1S/C16H15F2N5O/c1-11(20-15(24)13-7-10-23(21-13)16(17)18)12-5-2-3-6-14(12)22-9-4-8-19-22/h2-11,16H,1H3,(H,20,24)/t11-/m0/s1. The zero-order valence-electron chi connectivity index (χ0n) is 12.8. The molecule has 124 valence electrons. The number of alkyl halides is 2. The number of rotatable bonds is 5. The molecule has 1 atom stereocenters. The highest BCUT2D eigenvalue weighted by molar-refractivity contribution is 5.92. The lowest BCUT2D eigenvalue weighted by atomic mass is 10.1. The molecular formula is C16H15F2N5O. The van der Waals surface area contributed by atoms with Gasteiger partial charge in [-0.15, -0.1) is 0 Å². The van der Waals surface area contributed by atoms with Gasteiger partial charge in [0, 0.05) is 18.6 Å². The van der Waals surface area contributed by atoms with Gasteiger partial charge in [-0.2, -0.15) is 19.0 Å². The predicted molar refractivity (Wildman–Crippen MR) is 82.9 cm³/mol. The van der Waals surface area contributed by atoms with Gasteiger partial charge in [-0.1, -0.05) is 18.2 Å². The highest BCUT2D eigenvalue weighted by atomic mass is 19.3. The Bertz CT molecular complexity index is 829. The van der Waals surface area contributed by atoms with E-state index in [1.165, 1.54) is 6.07 Å². The van der Waals surface area contributed by atoms with Crippen LogP contribution < -0.4 is 5.32 Å². The third kappa shape index (κ3) is 3.17. The molecule has 3 aromatic rings. The van der Waals surface area contributed by atoms with Crippen molar-refractivity contribution in [2.75, 3.05) is 0 Å². The monoisotopic (exact) mass is 331 g/mol. The number of benzene rings is 1. The first-order valence-corrected chi connectivity index (χ1v) is 7.29. The average molecular weight is 331 g/mol. The first-order chi connectivity index (χ1) is 11.6. The van der Waals surface area contributed by atoms with E-state index < -0.39 is 12.5 Å². The Kier molecular flexibility index (Phi) is 4.37. The minimum atomic E-state index is -2.77. The Hall–Kier alpha value is -3.03. The molecule has 0 saturated heterocycles. The lowest BCUT2D eigenvalue weighted by Gasteiger charge is -2.17.